The number of nitrogens with zero attached hydrogens (tertiary/aromatic N) is 2. The highest BCUT2D eigenvalue weighted by Gasteiger charge is 2.16. The molecule has 0 amide bonds. The number of rotatable bonds is 10. The van der Waals surface area contributed by atoms with Gasteiger partial charge in [-0.3, -0.25) is 10.1 Å². The fourth-order valence-electron chi connectivity index (χ4n) is 5.61. The predicted molar refractivity (Wildman–Crippen MR) is 177 cm³/mol. The lowest BCUT2D eigenvalue weighted by atomic mass is 9.93. The van der Waals surface area contributed by atoms with Gasteiger partial charge in [0.2, 0.25) is 0 Å². The molecule has 0 aliphatic carbocycles. The summed E-state index contributed by atoms with van der Waals surface area (Å²) < 4.78 is 14.7. The van der Waals surface area contributed by atoms with Crippen LogP contribution in [0.3, 0.4) is 0 Å². The number of hydrogen-bond donors (Lipinski definition) is 4. The average Bonchev–Trinajstić information content (AvgIpc) is 3.63. The van der Waals surface area contributed by atoms with E-state index in [1.807, 2.05) is 62.4 Å². The van der Waals surface area contributed by atoms with E-state index in [9.17, 15) is 4.39 Å². The Morgan fingerprint density at radius 1 is 1.12 bits per heavy atom. The molecule has 1 aliphatic rings. The fraction of sp³-hybridized carbons (Fsp3) is 0.222. The molecule has 3 aromatic heterocycles. The minimum Gasteiger partial charge on any atom is -0.359 e. The Kier molecular flexibility index (Phi) is 9.32. The molecule has 0 bridgehead atoms. The van der Waals surface area contributed by atoms with Crippen LogP contribution in [0.4, 0.5) is 4.39 Å². The van der Waals surface area contributed by atoms with Crippen molar-refractivity contribution in [3.8, 4) is 22.6 Å². The number of allylic oxidation sites excluding steroid dienone is 6. The average molecular weight is 575 g/mol. The van der Waals surface area contributed by atoms with Crippen molar-refractivity contribution in [2.24, 2.45) is 5.92 Å². The van der Waals surface area contributed by atoms with Gasteiger partial charge in [-0.2, -0.15) is 5.10 Å². The summed E-state index contributed by atoms with van der Waals surface area (Å²) in [5.41, 5.74) is 7.06. The fourth-order valence-corrected chi connectivity index (χ4v) is 5.61. The van der Waals surface area contributed by atoms with Crippen LogP contribution in [0.25, 0.3) is 45.7 Å². The van der Waals surface area contributed by atoms with Crippen LogP contribution < -0.4 is 21.2 Å². The van der Waals surface area contributed by atoms with Crippen molar-refractivity contribution in [2.45, 2.75) is 33.1 Å². The first-order valence-corrected chi connectivity index (χ1v) is 14.7. The standard InChI is InChI=1S/C36H39FN6/c1-6-26(21-27(7-2)40-24(5)20-25-13-16-38-17-14-25)23(4)19-29-32(8-3)42-43-36(29)34-22-30-33(41-34)15-18-39-35(30)28-11-9-10-12-31(28)37/h6-12,15,18-19,21-22,25,38,40-42H,2,4-5,13-14,16-17,20H2,1,3H3/b26-6+,27-21+,29-19+,32-8+. The first kappa shape index (κ1) is 29.7. The molecule has 6 nitrogen and oxygen atoms in total. The number of pyridine rings is 1. The van der Waals surface area contributed by atoms with E-state index >= 15 is 0 Å². The Labute approximate surface area is 252 Å². The molecule has 43 heavy (non-hydrogen) atoms. The second kappa shape index (κ2) is 13.5. The molecule has 0 atom stereocenters. The van der Waals surface area contributed by atoms with Crippen molar-refractivity contribution >= 4 is 23.1 Å². The highest BCUT2D eigenvalue weighted by atomic mass is 19.1. The van der Waals surface area contributed by atoms with Gasteiger partial charge in [0.1, 0.15) is 11.5 Å². The van der Waals surface area contributed by atoms with E-state index in [-0.39, 0.29) is 5.82 Å². The van der Waals surface area contributed by atoms with Gasteiger partial charge in [0.25, 0.3) is 0 Å². The number of nitrogens with one attached hydrogen (secondary N) is 4. The van der Waals surface area contributed by atoms with Gasteiger partial charge in [-0.05, 0) is 106 Å². The Morgan fingerprint density at radius 2 is 1.91 bits per heavy atom. The normalized spacial score (nSPS) is 15.7. The van der Waals surface area contributed by atoms with Crippen molar-refractivity contribution < 1.29 is 4.39 Å². The van der Waals surface area contributed by atoms with E-state index < -0.39 is 0 Å². The molecule has 1 aliphatic heterocycles. The van der Waals surface area contributed by atoms with E-state index in [4.69, 9.17) is 0 Å². The molecule has 1 aromatic carbocycles. The summed E-state index contributed by atoms with van der Waals surface area (Å²) in [6.45, 7) is 18.8. The second-order valence-corrected chi connectivity index (χ2v) is 10.8. The summed E-state index contributed by atoms with van der Waals surface area (Å²) in [5, 5.41) is 17.3. The molecule has 5 rings (SSSR count). The van der Waals surface area contributed by atoms with Crippen molar-refractivity contribution in [1.82, 2.24) is 30.8 Å². The quantitative estimate of drug-likeness (QED) is 0.165. The van der Waals surface area contributed by atoms with Crippen LogP contribution in [0, 0.1) is 11.7 Å². The van der Waals surface area contributed by atoms with Crippen LogP contribution in [-0.4, -0.2) is 33.3 Å². The smallest absolute Gasteiger partial charge is 0.132 e. The summed E-state index contributed by atoms with van der Waals surface area (Å²) in [5.74, 6) is 0.330. The Bertz CT molecular complexity index is 1850. The topological polar surface area (TPSA) is 81.4 Å². The number of aromatic amines is 2. The minimum absolute atomic E-state index is 0.312. The number of halogens is 1. The maximum absolute atomic E-state index is 14.7. The SMILES string of the molecule is C=C/C(=C\C(=C/C)C(=C)/C=c1/c(-c2cc3c(-c4ccccc4F)nccc3[nH]2)n[nH]/c1=C/C)NC(=C)CC1CCNCC1. The molecule has 4 aromatic rings. The first-order chi connectivity index (χ1) is 20.9. The lowest BCUT2D eigenvalue weighted by Gasteiger charge is -2.24. The van der Waals surface area contributed by atoms with Gasteiger partial charge in [-0.25, -0.2) is 4.39 Å². The third-order valence-electron chi connectivity index (χ3n) is 7.90. The lowest BCUT2D eigenvalue weighted by molar-refractivity contribution is 0.368. The van der Waals surface area contributed by atoms with Crippen LogP contribution in [0.5, 0.6) is 0 Å². The van der Waals surface area contributed by atoms with Gasteiger partial charge in [0.15, 0.2) is 0 Å². The Hall–Kier alpha value is -4.75. The van der Waals surface area contributed by atoms with Crippen LogP contribution in [0.2, 0.25) is 0 Å². The van der Waals surface area contributed by atoms with E-state index in [2.05, 4.69) is 50.5 Å². The predicted octanol–water partition coefficient (Wildman–Crippen LogP) is 6.41. The molecule has 0 saturated carbocycles. The summed E-state index contributed by atoms with van der Waals surface area (Å²) in [6, 6.07) is 10.5. The monoisotopic (exact) mass is 574 g/mol. The number of fused-ring (bicyclic) bond motifs is 1. The van der Waals surface area contributed by atoms with Crippen LogP contribution in [-0.2, 0) is 0 Å². The molecule has 220 valence electrons. The van der Waals surface area contributed by atoms with Crippen molar-refractivity contribution in [2.75, 3.05) is 13.1 Å². The summed E-state index contributed by atoms with van der Waals surface area (Å²) >= 11 is 0. The molecule has 4 N–H and O–H groups in total. The number of piperidine rings is 1. The molecule has 1 fully saturated rings. The Balaban J connectivity index is 1.46. The van der Waals surface area contributed by atoms with Crippen LogP contribution in [0.1, 0.15) is 33.1 Å². The van der Waals surface area contributed by atoms with E-state index in [1.54, 1.807) is 18.3 Å². The van der Waals surface area contributed by atoms with Crippen LogP contribution >= 0.6 is 0 Å². The van der Waals surface area contributed by atoms with E-state index in [1.165, 1.54) is 18.9 Å². The highest BCUT2D eigenvalue weighted by Crippen LogP contribution is 2.31. The van der Waals surface area contributed by atoms with Gasteiger partial charge < -0.3 is 15.6 Å². The zero-order valence-electron chi connectivity index (χ0n) is 24.9. The first-order valence-electron chi connectivity index (χ1n) is 14.7. The van der Waals surface area contributed by atoms with Crippen molar-refractivity contribution in [3.63, 3.8) is 0 Å². The summed E-state index contributed by atoms with van der Waals surface area (Å²) in [6.07, 6.45) is 14.9. The van der Waals surface area contributed by atoms with E-state index in [0.717, 1.165) is 74.9 Å². The van der Waals surface area contributed by atoms with Gasteiger partial charge in [-0.1, -0.05) is 44.0 Å². The maximum Gasteiger partial charge on any atom is 0.132 e. The van der Waals surface area contributed by atoms with Gasteiger partial charge >= 0.3 is 0 Å². The summed E-state index contributed by atoms with van der Waals surface area (Å²) in [4.78, 5) is 7.97. The van der Waals surface area contributed by atoms with Crippen molar-refractivity contribution in [1.29, 1.82) is 0 Å². The molecule has 0 radical (unpaired) electrons. The molecular weight excluding hydrogens is 535 g/mol. The number of aromatic nitrogens is 4. The largest absolute Gasteiger partial charge is 0.359 e. The Morgan fingerprint density at radius 3 is 2.63 bits per heavy atom. The number of benzene rings is 1. The maximum atomic E-state index is 14.7. The number of H-pyrrole nitrogens is 2. The third-order valence-corrected chi connectivity index (χ3v) is 7.90. The third kappa shape index (κ3) is 6.68. The second-order valence-electron chi connectivity index (χ2n) is 10.8. The van der Waals surface area contributed by atoms with Crippen molar-refractivity contribution in [3.05, 3.63) is 119 Å². The molecule has 7 heteroatoms. The lowest BCUT2D eigenvalue weighted by Crippen LogP contribution is -2.28. The van der Waals surface area contributed by atoms with E-state index in [0.29, 0.717) is 17.2 Å². The molecular formula is C36H39FN6. The molecule has 4 heterocycles. The van der Waals surface area contributed by atoms with Gasteiger partial charge in [0, 0.05) is 39.3 Å². The minimum atomic E-state index is -0.312. The molecule has 0 unspecified atom stereocenters. The highest BCUT2D eigenvalue weighted by molar-refractivity contribution is 5.96. The van der Waals surface area contributed by atoms with Gasteiger partial charge in [-0.15, -0.1) is 0 Å². The zero-order chi connectivity index (χ0) is 30.3. The zero-order valence-corrected chi connectivity index (χ0v) is 24.9. The van der Waals surface area contributed by atoms with Crippen LogP contribution in [0.15, 0.2) is 103 Å². The molecule has 0 spiro atoms. The summed E-state index contributed by atoms with van der Waals surface area (Å²) in [7, 11) is 0. The molecule has 1 saturated heterocycles. The number of hydrogen-bond acceptors (Lipinski definition) is 4. The van der Waals surface area contributed by atoms with Gasteiger partial charge in [0.05, 0.1) is 16.7 Å².